The van der Waals surface area contributed by atoms with Crippen LogP contribution in [0.5, 0.6) is 0 Å². The predicted molar refractivity (Wildman–Crippen MR) is 358 cm³/mol. The Morgan fingerprint density at radius 3 is 0.820 bits per heavy atom. The van der Waals surface area contributed by atoms with Crippen LogP contribution in [0.15, 0.2) is 0 Å². The van der Waals surface area contributed by atoms with Gasteiger partial charge in [0.1, 0.15) is 68.1 Å². The lowest BCUT2D eigenvalue weighted by atomic mass is 10.1. The Labute approximate surface area is 598 Å². The van der Waals surface area contributed by atoms with Crippen LogP contribution in [0.4, 0.5) is 0 Å². The maximum atomic E-state index is 15.2. The molecule has 0 rings (SSSR count). The molecule has 0 aliphatic carbocycles. The van der Waals surface area contributed by atoms with E-state index in [2.05, 4.69) is 90.8 Å². The van der Waals surface area contributed by atoms with Crippen molar-refractivity contribution in [2.24, 2.45) is 97.7 Å². The van der Waals surface area contributed by atoms with E-state index in [1.165, 1.54) is 0 Å². The summed E-state index contributed by atoms with van der Waals surface area (Å²) in [5.41, 5.74) is 32.0. The highest BCUT2D eigenvalue weighted by molar-refractivity contribution is 6.08. The molecule has 0 fully saturated rings. The number of carbonyl (C=O) groups is 16. The molecule has 16 atom stereocenters. The molecule has 0 saturated heterocycles. The predicted octanol–water partition coefficient (Wildman–Crippen LogP) is -22.8. The second kappa shape index (κ2) is 48.7. The number of carbonyl (C=O) groups excluding carboxylic acids is 16. The SMILES string of the molecule is [2H]CC(CN[2H])C(=O)NCC(NC(=O)C(CN[2H])N[2H])C(=O)NC(CNC(=O)C(CNC(=O)C(CN[2H])N[2H])NC(=O)C(CN[2H])N[2H])C(=O)NCC(NC(=O)C(CNC(=O)C(CNC(=O)C(CC)CN[2H])NC(=O)C(CN[2H])N[2H])NC(=O)C(CNC(=O)C(CN[2H])N[2H])NC(=O)C(CN[2H])N[2H])C(=O)N[C@H](CNC[B])C(N)=O. The lowest BCUT2D eigenvalue weighted by molar-refractivity contribution is -0.135. The first-order valence-corrected chi connectivity index (χ1v) is 30.4. The number of rotatable bonds is 64. The topological polar surface area (TPSA) is 856 Å². The van der Waals surface area contributed by atoms with Gasteiger partial charge in [0.25, 0.3) is 0 Å². The fraction of sp³-hybridized carbons (Fsp3) is 0.692. The highest BCUT2D eigenvalue weighted by Crippen LogP contribution is 2.02. The van der Waals surface area contributed by atoms with Crippen molar-refractivity contribution < 1.29 is 97.8 Å². The zero-order valence-electron chi connectivity index (χ0n) is 69.4. The van der Waals surface area contributed by atoms with Crippen molar-refractivity contribution in [3.63, 3.8) is 0 Å². The lowest BCUT2D eigenvalue weighted by Crippen LogP contribution is -2.65. The molecule has 0 heterocycles. The van der Waals surface area contributed by atoms with Crippen LogP contribution in [0.1, 0.15) is 21.6 Å². The second-order valence-electron chi connectivity index (χ2n) is 21.5. The average Bonchev–Trinajstić information content (AvgIpc) is 0.869. The first kappa shape index (κ1) is 66.8. The van der Waals surface area contributed by atoms with Gasteiger partial charge in [-0.25, -0.2) is 0 Å². The number of amides is 16. The van der Waals surface area contributed by atoms with Gasteiger partial charge in [-0.15, -0.1) is 0 Å². The van der Waals surface area contributed by atoms with Crippen molar-refractivity contribution in [2.45, 2.75) is 105 Å². The lowest BCUT2D eigenvalue weighted by Gasteiger charge is -2.28. The number of primary amides is 1. The first-order chi connectivity index (χ1) is 54.9. The Morgan fingerprint density at radius 2 is 0.560 bits per heavy atom. The third-order valence-electron chi connectivity index (χ3n) is 13.8. The fourth-order valence-corrected chi connectivity index (χ4v) is 7.49. The van der Waals surface area contributed by atoms with E-state index in [1.807, 2.05) is 74.4 Å². The maximum Gasteiger partial charge on any atom is 0.245 e. The average molecular weight is 1450 g/mol. The molecule has 47 nitrogen and oxygen atoms in total. The molecule has 0 bridgehead atoms. The summed E-state index contributed by atoms with van der Waals surface area (Å²) in [6, 6.07) is -26.4. The monoisotopic (exact) mass is 1440 g/mol. The highest BCUT2D eigenvalue weighted by Gasteiger charge is 2.37. The Balaban J connectivity index is 8.96. The molecule has 0 aromatic heterocycles. The summed E-state index contributed by atoms with van der Waals surface area (Å²) in [6.45, 7) is -11.1. The molecule has 16 amide bonds. The van der Waals surface area contributed by atoms with Crippen LogP contribution in [-0.2, 0) is 76.7 Å². The van der Waals surface area contributed by atoms with Gasteiger partial charge in [-0.1, -0.05) is 13.8 Å². The molecule has 100 heavy (non-hydrogen) atoms. The van der Waals surface area contributed by atoms with Crippen LogP contribution in [0, 0.1) is 11.8 Å². The molecule has 0 aliphatic rings. The van der Waals surface area contributed by atoms with Crippen molar-refractivity contribution in [2.75, 3.05) is 111 Å². The summed E-state index contributed by atoms with van der Waals surface area (Å²) >= 11 is 0. The number of hydrogen-bond donors (Lipinski definition) is 31. The summed E-state index contributed by atoms with van der Waals surface area (Å²) in [4.78, 5) is 223. The minimum Gasteiger partial charge on any atom is -0.368 e. The minimum absolute atomic E-state index is 0.125. The van der Waals surface area contributed by atoms with Gasteiger partial charge in [-0.2, -0.15) is 0 Å². The Morgan fingerprint density at radius 1 is 0.310 bits per heavy atom. The van der Waals surface area contributed by atoms with Gasteiger partial charge in [0, 0.05) is 118 Å². The summed E-state index contributed by atoms with van der Waals surface area (Å²) in [7, 11) is 5.58. The Bertz CT molecular complexity index is 3080. The molecular formula is C52H104BN31O16. The highest BCUT2D eigenvalue weighted by atomic mass is 16.2. The Hall–Kier alpha value is -9.02. The number of nitrogens with two attached hydrogens (primary N) is 15. The van der Waals surface area contributed by atoms with Crippen LogP contribution < -0.4 is 171 Å². The minimum atomic E-state index is -2.37. The van der Waals surface area contributed by atoms with Gasteiger partial charge in [0.2, 0.25) is 94.5 Å². The summed E-state index contributed by atoms with van der Waals surface area (Å²) < 4.78 is 112. The normalized spacial score (nSPS) is 17.8. The van der Waals surface area contributed by atoms with Crippen molar-refractivity contribution in [3.8, 4) is 0 Å². The van der Waals surface area contributed by atoms with Crippen molar-refractivity contribution in [1.82, 2.24) is 85.1 Å². The molecule has 15 unspecified atom stereocenters. The first-order valence-electron chi connectivity index (χ1n) is 38.1. The standard InChI is InChI=1S/C52H104BN31O16/c1-3-22(5-55)39(87)71-13-30(78-42(90)25(64)8-58)46(94)75-19-36(84-51(99)34(81-45(93)28(67)11-61)17-73-41(89)24(63)7-57)52(100)83-35(49(97)77-29(37(68)85)12-69-20-53)18-76-48(96)32(82-50(98)33(80-44(92)27(66)10-60)16-70-38(86)21(2)4-54)15-74-47(95)31(79-43(91)26(65)9-59)14-72-40(88)23(62)6-56/h21-36,69H,3-20,54-67H2,1-2H3,(H2,68,85)(H,70,86)(H,71,87)(H,72,88)(H,73,89)(H,74,95)(H,75,94)(H,76,96)(H,77,97)(H,78,90)(H,79,91)(H,80,92)(H,81,93)(H,82,98)(H,83,100)(H,84,99)/t21?,22?,23?,24?,25?,26?,27?,28?,29-,30?,31?,32?,33?,34?,35?,36?/m1/s1/i2D/hD14. The zero-order valence-corrected chi connectivity index (χ0v) is 54.4. The van der Waals surface area contributed by atoms with Crippen LogP contribution >= 0.6 is 0 Å². The van der Waals surface area contributed by atoms with Crippen LogP contribution in [0.2, 0.25) is 19.8 Å². The molecule has 2 radical (unpaired) electrons. The molecule has 0 aliphatic heterocycles. The quantitative estimate of drug-likeness (QED) is 0.0251. The fourth-order valence-electron chi connectivity index (χ4n) is 7.49. The van der Waals surface area contributed by atoms with Gasteiger partial charge in [0.05, 0.1) is 44.1 Å². The summed E-state index contributed by atoms with van der Waals surface area (Å²) in [5, 5.41) is 35.9. The van der Waals surface area contributed by atoms with Gasteiger partial charge >= 0.3 is 0 Å². The van der Waals surface area contributed by atoms with E-state index in [9.17, 15) is 71.9 Å². The third-order valence-corrected chi connectivity index (χ3v) is 13.8. The second-order valence-corrected chi connectivity index (χ2v) is 21.5. The molecule has 0 spiro atoms. The zero-order chi connectivity index (χ0) is 87.1. The van der Waals surface area contributed by atoms with E-state index in [-0.39, 0.29) is 19.4 Å². The van der Waals surface area contributed by atoms with Crippen molar-refractivity contribution in [1.29, 1.82) is 0 Å². The molecule has 0 aromatic rings. The molecular weight excluding hydrogens is 1330 g/mol. The molecule has 48 heteroatoms. The van der Waals surface area contributed by atoms with E-state index in [4.69, 9.17) is 34.7 Å². The molecule has 46 N–H and O–H groups in total. The van der Waals surface area contributed by atoms with Gasteiger partial charge in [-0.05, 0) is 12.9 Å². The molecule has 566 valence electrons. The third kappa shape index (κ3) is 33.2. The van der Waals surface area contributed by atoms with Crippen molar-refractivity contribution >= 4 is 102 Å². The van der Waals surface area contributed by atoms with E-state index in [1.54, 1.807) is 6.92 Å². The molecule has 0 saturated carbocycles. The number of nitrogens with one attached hydrogen (secondary N) is 16. The molecule has 0 aromatic carbocycles. The van der Waals surface area contributed by atoms with Crippen molar-refractivity contribution in [3.05, 3.63) is 0 Å². The van der Waals surface area contributed by atoms with E-state index < -0.39 is 296 Å². The van der Waals surface area contributed by atoms with E-state index in [0.29, 0.717) is 0 Å². The maximum absolute atomic E-state index is 15.2. The summed E-state index contributed by atoms with van der Waals surface area (Å²) in [6.07, 6.45) is -0.244. The van der Waals surface area contributed by atoms with Gasteiger partial charge in [-0.3, -0.25) is 76.7 Å². The Kier molecular flexibility index (Phi) is 32.5. The smallest absolute Gasteiger partial charge is 0.245 e. The van der Waals surface area contributed by atoms with E-state index in [0.717, 1.165) is 0 Å². The van der Waals surface area contributed by atoms with Crippen LogP contribution in [0.3, 0.4) is 0 Å². The van der Waals surface area contributed by atoms with E-state index >= 15 is 4.79 Å². The van der Waals surface area contributed by atoms with Gasteiger partial charge < -0.3 is 171 Å². The van der Waals surface area contributed by atoms with Gasteiger partial charge in [0.15, 0.2) is 0 Å². The van der Waals surface area contributed by atoms with Crippen LogP contribution in [-0.4, -0.2) is 298 Å². The number of hydrogen-bond acceptors (Lipinski definition) is 31. The largest absolute Gasteiger partial charge is 0.368 e. The van der Waals surface area contributed by atoms with Crippen LogP contribution in [0.25, 0.3) is 0 Å². The summed E-state index contributed by atoms with van der Waals surface area (Å²) in [5.74, 6) is -22.6.